The third kappa shape index (κ3) is 3.73. The molecule has 0 aliphatic carbocycles. The number of nitriles is 1. The predicted molar refractivity (Wildman–Crippen MR) is 113 cm³/mol. The Morgan fingerprint density at radius 1 is 1.30 bits per heavy atom. The van der Waals surface area contributed by atoms with Crippen LogP contribution >= 0.6 is 0 Å². The van der Waals surface area contributed by atoms with Crippen molar-refractivity contribution in [3.63, 3.8) is 0 Å². The van der Waals surface area contributed by atoms with E-state index < -0.39 is 5.54 Å². The van der Waals surface area contributed by atoms with Crippen LogP contribution in [0.4, 0.5) is 5.95 Å². The summed E-state index contributed by atoms with van der Waals surface area (Å²) in [6.07, 6.45) is 7.54. The fraction of sp³-hybridized carbons (Fsp3) is 0.286. The Morgan fingerprint density at radius 2 is 2.17 bits per heavy atom. The Labute approximate surface area is 173 Å². The molecule has 152 valence electrons. The van der Waals surface area contributed by atoms with Crippen LogP contribution in [-0.4, -0.2) is 48.0 Å². The molecule has 0 bridgehead atoms. The van der Waals surface area contributed by atoms with Crippen LogP contribution in [0.15, 0.2) is 43.0 Å². The average Bonchev–Trinajstić information content (AvgIpc) is 3.41. The van der Waals surface area contributed by atoms with Crippen LogP contribution < -0.4 is 5.32 Å². The molecule has 0 unspecified atom stereocenters. The van der Waals surface area contributed by atoms with Gasteiger partial charge in [0.05, 0.1) is 30.3 Å². The number of aromatic amines is 1. The van der Waals surface area contributed by atoms with Gasteiger partial charge in [-0.15, -0.1) is 0 Å². The van der Waals surface area contributed by atoms with Crippen molar-refractivity contribution in [2.75, 3.05) is 18.5 Å². The number of anilines is 1. The number of H-pyrrole nitrogens is 1. The second-order valence-corrected chi connectivity index (χ2v) is 7.55. The highest BCUT2D eigenvalue weighted by Gasteiger charge is 2.24. The second-order valence-electron chi connectivity index (χ2n) is 7.55. The van der Waals surface area contributed by atoms with Gasteiger partial charge in [0.25, 0.3) is 0 Å². The summed E-state index contributed by atoms with van der Waals surface area (Å²) in [4.78, 5) is 16.4. The molecular formula is C21H22N8O. The number of pyridine rings is 1. The van der Waals surface area contributed by atoms with E-state index in [0.717, 1.165) is 22.2 Å². The van der Waals surface area contributed by atoms with Crippen LogP contribution in [0.1, 0.15) is 20.3 Å². The maximum absolute atomic E-state index is 9.83. The molecule has 0 aliphatic rings. The number of rotatable bonds is 7. The van der Waals surface area contributed by atoms with E-state index >= 15 is 0 Å². The predicted octanol–water partition coefficient (Wildman–Crippen LogP) is 2.94. The standard InChI is InChI=1S/C21H22N8O/c1-21(2,13-30)29-12-16(17-5-9-25-20(27-17)24-7-3-6-22)18(28-29)15-10-14-4-8-23-19(14)26-11-15/h4-5,8-12,30H,3,7,13H2,1-2H3,(H,23,26)(H,24,25,27). The lowest BCUT2D eigenvalue weighted by molar-refractivity contribution is 0.152. The number of nitrogens with one attached hydrogen (secondary N) is 2. The van der Waals surface area contributed by atoms with Gasteiger partial charge < -0.3 is 15.4 Å². The van der Waals surface area contributed by atoms with Crippen molar-refractivity contribution in [2.45, 2.75) is 25.8 Å². The van der Waals surface area contributed by atoms with E-state index in [1.165, 1.54) is 0 Å². The molecule has 0 fully saturated rings. The summed E-state index contributed by atoms with van der Waals surface area (Å²) in [5, 5.41) is 27.4. The van der Waals surface area contributed by atoms with Gasteiger partial charge in [0.1, 0.15) is 11.3 Å². The SMILES string of the molecule is CC(C)(CO)n1cc(-c2ccnc(NCCC#N)n2)c(-c2cnc3[nH]ccc3c2)n1. The van der Waals surface area contributed by atoms with Crippen molar-refractivity contribution in [1.29, 1.82) is 5.26 Å². The first-order chi connectivity index (χ1) is 14.5. The summed E-state index contributed by atoms with van der Waals surface area (Å²) in [5.74, 6) is 0.446. The normalized spacial score (nSPS) is 11.5. The Balaban J connectivity index is 1.82. The lowest BCUT2D eigenvalue weighted by atomic mass is 10.1. The fourth-order valence-corrected chi connectivity index (χ4v) is 3.05. The van der Waals surface area contributed by atoms with Gasteiger partial charge in [-0.05, 0) is 32.0 Å². The van der Waals surface area contributed by atoms with Crippen LogP contribution in [0.5, 0.6) is 0 Å². The highest BCUT2D eigenvalue weighted by Crippen LogP contribution is 2.33. The first-order valence-corrected chi connectivity index (χ1v) is 9.60. The molecule has 0 radical (unpaired) electrons. The minimum atomic E-state index is -0.584. The molecule has 4 heterocycles. The van der Waals surface area contributed by atoms with Crippen molar-refractivity contribution in [3.8, 4) is 28.6 Å². The maximum Gasteiger partial charge on any atom is 0.223 e. The number of aliphatic hydroxyl groups excluding tert-OH is 1. The Morgan fingerprint density at radius 3 is 2.97 bits per heavy atom. The van der Waals surface area contributed by atoms with Crippen molar-refractivity contribution < 1.29 is 5.11 Å². The zero-order chi connectivity index (χ0) is 21.1. The molecule has 30 heavy (non-hydrogen) atoms. The minimum Gasteiger partial charge on any atom is -0.394 e. The van der Waals surface area contributed by atoms with E-state index in [4.69, 9.17) is 10.4 Å². The summed E-state index contributed by atoms with van der Waals surface area (Å²) in [5.41, 5.74) is 3.28. The minimum absolute atomic E-state index is 0.0621. The van der Waals surface area contributed by atoms with Gasteiger partial charge in [-0.25, -0.2) is 15.0 Å². The largest absolute Gasteiger partial charge is 0.394 e. The highest BCUT2D eigenvalue weighted by atomic mass is 16.3. The van der Waals surface area contributed by atoms with E-state index in [1.54, 1.807) is 17.1 Å². The number of nitrogens with zero attached hydrogens (tertiary/aromatic N) is 6. The van der Waals surface area contributed by atoms with Gasteiger partial charge >= 0.3 is 0 Å². The molecule has 4 aromatic rings. The summed E-state index contributed by atoms with van der Waals surface area (Å²) in [6.45, 7) is 4.23. The molecule has 0 spiro atoms. The molecule has 0 atom stereocenters. The first kappa shape index (κ1) is 19.5. The molecule has 4 aromatic heterocycles. The zero-order valence-electron chi connectivity index (χ0n) is 16.8. The molecule has 0 saturated carbocycles. The molecule has 0 amide bonds. The lowest BCUT2D eigenvalue weighted by Crippen LogP contribution is -2.30. The number of aromatic nitrogens is 6. The van der Waals surface area contributed by atoms with Crippen LogP contribution in [0.25, 0.3) is 33.5 Å². The molecule has 3 N–H and O–H groups in total. The Bertz CT molecular complexity index is 1220. The Kier molecular flexibility index (Phi) is 5.16. The van der Waals surface area contributed by atoms with Crippen molar-refractivity contribution in [3.05, 3.63) is 43.0 Å². The molecule has 0 aromatic carbocycles. The number of aliphatic hydroxyl groups is 1. The van der Waals surface area contributed by atoms with E-state index in [1.807, 2.05) is 44.4 Å². The third-order valence-electron chi connectivity index (χ3n) is 4.85. The van der Waals surface area contributed by atoms with Gasteiger partial charge in [-0.2, -0.15) is 10.4 Å². The second kappa shape index (κ2) is 7.93. The van der Waals surface area contributed by atoms with Crippen LogP contribution in [0, 0.1) is 11.3 Å². The van der Waals surface area contributed by atoms with Crippen LogP contribution in [-0.2, 0) is 5.54 Å². The van der Waals surface area contributed by atoms with E-state index in [-0.39, 0.29) is 6.61 Å². The number of hydrogen-bond donors (Lipinski definition) is 3. The Hall–Kier alpha value is -3.77. The number of hydrogen-bond acceptors (Lipinski definition) is 7. The van der Waals surface area contributed by atoms with E-state index in [2.05, 4.69) is 31.3 Å². The smallest absolute Gasteiger partial charge is 0.223 e. The highest BCUT2D eigenvalue weighted by molar-refractivity contribution is 5.85. The molecule has 9 nitrogen and oxygen atoms in total. The summed E-state index contributed by atoms with van der Waals surface area (Å²) in [6, 6.07) is 7.89. The van der Waals surface area contributed by atoms with Crippen molar-refractivity contribution >= 4 is 17.0 Å². The van der Waals surface area contributed by atoms with Crippen molar-refractivity contribution in [1.82, 2.24) is 29.7 Å². The monoisotopic (exact) mass is 402 g/mol. The zero-order valence-corrected chi connectivity index (χ0v) is 16.8. The molecule has 0 saturated heterocycles. The maximum atomic E-state index is 9.83. The van der Waals surface area contributed by atoms with Crippen LogP contribution in [0.3, 0.4) is 0 Å². The van der Waals surface area contributed by atoms with Gasteiger partial charge in [-0.1, -0.05) is 0 Å². The molecule has 0 aliphatic heterocycles. The number of fused-ring (bicyclic) bond motifs is 1. The van der Waals surface area contributed by atoms with Crippen LogP contribution in [0.2, 0.25) is 0 Å². The topological polar surface area (TPSA) is 128 Å². The summed E-state index contributed by atoms with van der Waals surface area (Å²) >= 11 is 0. The van der Waals surface area contributed by atoms with Crippen molar-refractivity contribution in [2.24, 2.45) is 0 Å². The molecule has 4 rings (SSSR count). The average molecular weight is 402 g/mol. The molecule has 9 heteroatoms. The van der Waals surface area contributed by atoms with Gasteiger partial charge in [-0.3, -0.25) is 4.68 Å². The first-order valence-electron chi connectivity index (χ1n) is 9.60. The quantitative estimate of drug-likeness (QED) is 0.405. The fourth-order valence-electron chi connectivity index (χ4n) is 3.05. The summed E-state index contributed by atoms with van der Waals surface area (Å²) < 4.78 is 1.75. The third-order valence-corrected chi connectivity index (χ3v) is 4.85. The van der Waals surface area contributed by atoms with E-state index in [9.17, 15) is 5.11 Å². The van der Waals surface area contributed by atoms with Gasteiger partial charge in [0.15, 0.2) is 0 Å². The van der Waals surface area contributed by atoms with E-state index in [0.29, 0.717) is 30.3 Å². The lowest BCUT2D eigenvalue weighted by Gasteiger charge is -2.22. The molecular weight excluding hydrogens is 380 g/mol. The van der Waals surface area contributed by atoms with Gasteiger partial charge in [0.2, 0.25) is 5.95 Å². The van der Waals surface area contributed by atoms with Gasteiger partial charge in [0, 0.05) is 47.8 Å². The summed E-state index contributed by atoms with van der Waals surface area (Å²) in [7, 11) is 0.